The molecule has 2 aromatic rings. The monoisotopic (exact) mass is 341 g/mol. The highest BCUT2D eigenvalue weighted by molar-refractivity contribution is 7.98. The van der Waals surface area contributed by atoms with Crippen LogP contribution in [-0.2, 0) is 5.75 Å². The summed E-state index contributed by atoms with van der Waals surface area (Å²) < 4.78 is 11.1. The Balaban J connectivity index is 1.79. The number of fused-ring (bicyclic) bond motifs is 1. The molecule has 6 heteroatoms. The van der Waals surface area contributed by atoms with E-state index in [9.17, 15) is 0 Å². The molecule has 0 saturated carbocycles. The minimum Gasteiger partial charge on any atom is -0.486 e. The third-order valence-corrected chi connectivity index (χ3v) is 4.68. The van der Waals surface area contributed by atoms with Crippen molar-refractivity contribution in [2.45, 2.75) is 10.6 Å². The van der Waals surface area contributed by atoms with Crippen molar-refractivity contribution in [1.82, 2.24) is 0 Å². The summed E-state index contributed by atoms with van der Waals surface area (Å²) in [5.74, 6) is 2.04. The van der Waals surface area contributed by atoms with Crippen molar-refractivity contribution >= 4 is 40.7 Å². The molecule has 0 atom stereocenters. The van der Waals surface area contributed by atoms with Crippen molar-refractivity contribution < 1.29 is 9.47 Å². The van der Waals surface area contributed by atoms with E-state index in [-0.39, 0.29) is 0 Å². The maximum Gasteiger partial charge on any atom is 0.179 e. The summed E-state index contributed by atoms with van der Waals surface area (Å²) in [6.07, 6.45) is 0. The van der Waals surface area contributed by atoms with Crippen LogP contribution in [0, 0.1) is 0 Å². The van der Waals surface area contributed by atoms with E-state index in [1.165, 1.54) is 0 Å². The van der Waals surface area contributed by atoms with Gasteiger partial charge in [0, 0.05) is 21.4 Å². The number of nitrogen functional groups attached to an aromatic ring is 1. The molecule has 21 heavy (non-hydrogen) atoms. The number of ether oxygens (including phenoxy) is 2. The zero-order chi connectivity index (χ0) is 14.8. The van der Waals surface area contributed by atoms with E-state index in [2.05, 4.69) is 0 Å². The van der Waals surface area contributed by atoms with E-state index in [1.807, 2.05) is 18.2 Å². The minimum atomic E-state index is 0.528. The molecule has 0 spiro atoms. The summed E-state index contributed by atoms with van der Waals surface area (Å²) in [6.45, 7) is 1.07. The van der Waals surface area contributed by atoms with Crippen molar-refractivity contribution in [3.05, 3.63) is 45.9 Å². The Labute approximate surface area is 137 Å². The van der Waals surface area contributed by atoms with Gasteiger partial charge in [-0.2, -0.15) is 0 Å². The van der Waals surface area contributed by atoms with Crippen LogP contribution in [-0.4, -0.2) is 13.2 Å². The standard InChI is InChI=1S/C15H13Cl2NO2S/c16-10-1-2-12(18)14(7-10)21-8-9-5-11(17)15-13(6-9)19-3-4-20-15/h1-2,5-7H,3-4,8,18H2. The molecule has 0 aromatic heterocycles. The lowest BCUT2D eigenvalue weighted by atomic mass is 10.2. The molecule has 0 radical (unpaired) electrons. The van der Waals surface area contributed by atoms with Crippen molar-refractivity contribution in [3.8, 4) is 11.5 Å². The van der Waals surface area contributed by atoms with E-state index in [4.69, 9.17) is 38.4 Å². The van der Waals surface area contributed by atoms with E-state index < -0.39 is 0 Å². The first-order chi connectivity index (χ1) is 10.1. The first kappa shape index (κ1) is 14.7. The summed E-state index contributed by atoms with van der Waals surface area (Å²) in [5, 5.41) is 1.24. The van der Waals surface area contributed by atoms with Gasteiger partial charge in [-0.05, 0) is 35.9 Å². The summed E-state index contributed by atoms with van der Waals surface area (Å²) in [5.41, 5.74) is 7.71. The van der Waals surface area contributed by atoms with E-state index in [1.54, 1.807) is 23.9 Å². The van der Waals surface area contributed by atoms with Gasteiger partial charge in [0.15, 0.2) is 11.5 Å². The van der Waals surface area contributed by atoms with Gasteiger partial charge in [-0.1, -0.05) is 23.2 Å². The number of hydrogen-bond acceptors (Lipinski definition) is 4. The van der Waals surface area contributed by atoms with E-state index >= 15 is 0 Å². The average molecular weight is 342 g/mol. The van der Waals surface area contributed by atoms with Crippen LogP contribution in [0.2, 0.25) is 10.0 Å². The number of halogens is 2. The van der Waals surface area contributed by atoms with Crippen LogP contribution in [0.1, 0.15) is 5.56 Å². The molecule has 110 valence electrons. The molecule has 0 amide bonds. The van der Waals surface area contributed by atoms with Crippen LogP contribution in [0.25, 0.3) is 0 Å². The fraction of sp³-hybridized carbons (Fsp3) is 0.200. The molecule has 1 aliphatic heterocycles. The van der Waals surface area contributed by atoms with Crippen molar-refractivity contribution in [2.75, 3.05) is 18.9 Å². The predicted octanol–water partition coefficient (Wildman–Crippen LogP) is 4.64. The summed E-state index contributed by atoms with van der Waals surface area (Å²) in [4.78, 5) is 0.952. The molecule has 0 saturated heterocycles. The molecule has 1 aliphatic rings. The Morgan fingerprint density at radius 3 is 2.76 bits per heavy atom. The fourth-order valence-electron chi connectivity index (χ4n) is 2.04. The second-order valence-corrected chi connectivity index (χ2v) is 6.43. The quantitative estimate of drug-likeness (QED) is 0.652. The number of hydrogen-bond donors (Lipinski definition) is 1. The number of nitrogens with two attached hydrogens (primary N) is 1. The molecule has 3 nitrogen and oxygen atoms in total. The van der Waals surface area contributed by atoms with Crippen molar-refractivity contribution in [3.63, 3.8) is 0 Å². The Hall–Kier alpha value is -1.23. The first-order valence-corrected chi connectivity index (χ1v) is 8.13. The molecule has 0 fully saturated rings. The second kappa shape index (κ2) is 6.26. The van der Waals surface area contributed by atoms with Gasteiger partial charge in [0.05, 0.1) is 5.02 Å². The molecule has 0 bridgehead atoms. The Bertz CT molecular complexity index is 679. The third kappa shape index (κ3) is 3.34. The Morgan fingerprint density at radius 2 is 1.90 bits per heavy atom. The van der Waals surface area contributed by atoms with Gasteiger partial charge in [0.1, 0.15) is 13.2 Å². The van der Waals surface area contributed by atoms with Crippen molar-refractivity contribution in [2.24, 2.45) is 0 Å². The zero-order valence-electron chi connectivity index (χ0n) is 11.1. The van der Waals surface area contributed by atoms with Crippen LogP contribution in [0.4, 0.5) is 5.69 Å². The molecule has 0 unspecified atom stereocenters. The summed E-state index contributed by atoms with van der Waals surface area (Å²) in [7, 11) is 0. The van der Waals surface area contributed by atoms with Crippen LogP contribution >= 0.6 is 35.0 Å². The van der Waals surface area contributed by atoms with Gasteiger partial charge in [-0.15, -0.1) is 11.8 Å². The highest BCUT2D eigenvalue weighted by Crippen LogP contribution is 2.40. The molecule has 2 aromatic carbocycles. The largest absolute Gasteiger partial charge is 0.486 e. The van der Waals surface area contributed by atoms with Crippen molar-refractivity contribution in [1.29, 1.82) is 0 Å². The average Bonchev–Trinajstić information content (AvgIpc) is 2.48. The van der Waals surface area contributed by atoms with Gasteiger partial charge >= 0.3 is 0 Å². The molecule has 1 heterocycles. The van der Waals surface area contributed by atoms with Gasteiger partial charge in [-0.3, -0.25) is 0 Å². The van der Waals surface area contributed by atoms with Crippen LogP contribution < -0.4 is 15.2 Å². The number of rotatable bonds is 3. The molecular formula is C15H13Cl2NO2S. The SMILES string of the molecule is Nc1ccc(Cl)cc1SCc1cc(Cl)c2c(c1)OCCO2. The van der Waals surface area contributed by atoms with Gasteiger partial charge < -0.3 is 15.2 Å². The molecule has 3 rings (SSSR count). The zero-order valence-corrected chi connectivity index (χ0v) is 13.4. The van der Waals surface area contributed by atoms with Gasteiger partial charge in [0.2, 0.25) is 0 Å². The normalized spacial score (nSPS) is 13.2. The predicted molar refractivity (Wildman–Crippen MR) is 87.9 cm³/mol. The number of benzene rings is 2. The van der Waals surface area contributed by atoms with E-state index in [0.717, 1.165) is 16.2 Å². The molecule has 2 N–H and O–H groups in total. The third-order valence-electron chi connectivity index (χ3n) is 3.03. The lowest BCUT2D eigenvalue weighted by Gasteiger charge is -2.20. The molecular weight excluding hydrogens is 329 g/mol. The lowest BCUT2D eigenvalue weighted by Crippen LogP contribution is -2.15. The fourth-order valence-corrected chi connectivity index (χ4v) is 3.50. The topological polar surface area (TPSA) is 44.5 Å². The Morgan fingerprint density at radius 1 is 1.10 bits per heavy atom. The van der Waals surface area contributed by atoms with E-state index in [0.29, 0.717) is 40.4 Å². The van der Waals surface area contributed by atoms with Crippen LogP contribution in [0.5, 0.6) is 11.5 Å². The minimum absolute atomic E-state index is 0.528. The maximum atomic E-state index is 6.23. The Kier molecular flexibility index (Phi) is 4.38. The summed E-state index contributed by atoms with van der Waals surface area (Å²) >= 11 is 13.8. The van der Waals surface area contributed by atoms with Gasteiger partial charge in [-0.25, -0.2) is 0 Å². The molecule has 0 aliphatic carbocycles. The first-order valence-electron chi connectivity index (χ1n) is 6.39. The number of thioether (sulfide) groups is 1. The van der Waals surface area contributed by atoms with Gasteiger partial charge in [0.25, 0.3) is 0 Å². The highest BCUT2D eigenvalue weighted by Gasteiger charge is 2.16. The number of anilines is 1. The second-order valence-electron chi connectivity index (χ2n) is 4.57. The smallest absolute Gasteiger partial charge is 0.179 e. The van der Waals surface area contributed by atoms with Crippen LogP contribution in [0.3, 0.4) is 0 Å². The summed E-state index contributed by atoms with van der Waals surface area (Å²) in [6, 6.07) is 9.29. The lowest BCUT2D eigenvalue weighted by molar-refractivity contribution is 0.171. The maximum absolute atomic E-state index is 6.23. The van der Waals surface area contributed by atoms with Crippen LogP contribution in [0.15, 0.2) is 35.2 Å². The highest BCUT2D eigenvalue weighted by atomic mass is 35.5.